The van der Waals surface area contributed by atoms with E-state index in [4.69, 9.17) is 4.74 Å². The Kier molecular flexibility index (Phi) is 6.47. The van der Waals surface area contributed by atoms with Crippen molar-refractivity contribution >= 4 is 17.8 Å². The van der Waals surface area contributed by atoms with Crippen molar-refractivity contribution in [1.82, 2.24) is 0 Å². The highest BCUT2D eigenvalue weighted by molar-refractivity contribution is 6.02. The number of hydrogen-bond acceptors (Lipinski definition) is 5. The SMILES string of the molecule is C/C1=C/C[C@H]2[C@H](/C=C(\C)C(=O)[C@@]3(O)C[C@H](C)[C@H](O)[C@@H]3[C@H]1OC(=O)/C=C/c1ccccc1)C2(C)C. The number of benzene rings is 1. The summed E-state index contributed by atoms with van der Waals surface area (Å²) >= 11 is 0. The maximum absolute atomic E-state index is 13.6. The fourth-order valence-electron chi connectivity index (χ4n) is 6.08. The zero-order valence-corrected chi connectivity index (χ0v) is 20.7. The lowest BCUT2D eigenvalue weighted by molar-refractivity contribution is -0.158. The van der Waals surface area contributed by atoms with Gasteiger partial charge in [0.05, 0.1) is 12.0 Å². The lowest BCUT2D eigenvalue weighted by Crippen LogP contribution is -2.52. The molecule has 2 fully saturated rings. The molecule has 1 aromatic rings. The van der Waals surface area contributed by atoms with Crippen LogP contribution in [0.1, 0.15) is 53.0 Å². The minimum Gasteiger partial charge on any atom is -0.454 e. The van der Waals surface area contributed by atoms with E-state index in [2.05, 4.69) is 19.9 Å². The molecule has 182 valence electrons. The first kappa shape index (κ1) is 24.6. The van der Waals surface area contributed by atoms with Crippen molar-refractivity contribution in [2.45, 2.75) is 65.3 Å². The molecule has 1 aromatic carbocycles. The van der Waals surface area contributed by atoms with E-state index in [1.165, 1.54) is 6.08 Å². The highest BCUT2D eigenvalue weighted by Crippen LogP contribution is 2.61. The summed E-state index contributed by atoms with van der Waals surface area (Å²) in [6.07, 6.45) is 6.09. The first-order valence-corrected chi connectivity index (χ1v) is 12.2. The average molecular weight is 465 g/mol. The number of esters is 1. The monoisotopic (exact) mass is 464 g/mol. The molecule has 0 amide bonds. The smallest absolute Gasteiger partial charge is 0.331 e. The fourth-order valence-corrected chi connectivity index (χ4v) is 6.08. The maximum atomic E-state index is 13.6. The Morgan fingerprint density at radius 2 is 1.85 bits per heavy atom. The predicted molar refractivity (Wildman–Crippen MR) is 131 cm³/mol. The molecule has 0 radical (unpaired) electrons. The number of hydrogen-bond donors (Lipinski definition) is 2. The summed E-state index contributed by atoms with van der Waals surface area (Å²) in [5.74, 6) is -1.58. The molecule has 5 heteroatoms. The molecule has 4 rings (SSSR count). The second-order valence-electron chi connectivity index (χ2n) is 11.0. The largest absolute Gasteiger partial charge is 0.454 e. The predicted octanol–water partition coefficient (Wildman–Crippen LogP) is 4.50. The first-order chi connectivity index (χ1) is 16.0. The van der Waals surface area contributed by atoms with Crippen molar-refractivity contribution < 1.29 is 24.5 Å². The third kappa shape index (κ3) is 4.32. The highest BCUT2D eigenvalue weighted by atomic mass is 16.5. The molecular formula is C29H36O5. The number of carbonyl (C=O) groups excluding carboxylic acids is 2. The van der Waals surface area contributed by atoms with Gasteiger partial charge >= 0.3 is 5.97 Å². The molecule has 0 aliphatic heterocycles. The third-order valence-electron chi connectivity index (χ3n) is 8.38. The Hall–Kier alpha value is -2.50. The van der Waals surface area contributed by atoms with Crippen molar-refractivity contribution in [2.75, 3.05) is 0 Å². The van der Waals surface area contributed by atoms with E-state index in [1.807, 2.05) is 50.3 Å². The molecule has 3 aliphatic carbocycles. The van der Waals surface area contributed by atoms with Crippen molar-refractivity contribution in [3.05, 3.63) is 65.3 Å². The second kappa shape index (κ2) is 8.94. The number of rotatable bonds is 3. The number of ether oxygens (including phenoxy) is 1. The molecule has 0 heterocycles. The van der Waals surface area contributed by atoms with Gasteiger partial charge in [-0.2, -0.15) is 0 Å². The van der Waals surface area contributed by atoms with Gasteiger partial charge in [-0.25, -0.2) is 4.79 Å². The number of allylic oxidation sites excluding steroid dienone is 2. The molecule has 2 N–H and O–H groups in total. The topological polar surface area (TPSA) is 83.8 Å². The standard InChI is InChI=1S/C29H36O5/c1-17-11-13-21-22(28(21,4)5)15-18(2)27(32)29(33)16-19(3)25(31)24(29)26(17)34-23(30)14-12-20-9-7-6-8-10-20/h6-12,14-15,19,21-22,24-26,31,33H,13,16H2,1-5H3/b14-12+,17-11-,18-15+/t19-,21-,22-,24+,25-,26-,29+/m0/s1. The van der Waals surface area contributed by atoms with E-state index in [0.29, 0.717) is 11.5 Å². The van der Waals surface area contributed by atoms with Gasteiger partial charge in [-0.15, -0.1) is 0 Å². The Bertz CT molecular complexity index is 1050. The summed E-state index contributed by atoms with van der Waals surface area (Å²) in [7, 11) is 0. The number of aliphatic hydroxyl groups is 2. The summed E-state index contributed by atoms with van der Waals surface area (Å²) in [5, 5.41) is 22.9. The van der Waals surface area contributed by atoms with Crippen LogP contribution in [0.4, 0.5) is 0 Å². The molecule has 0 unspecified atom stereocenters. The van der Waals surface area contributed by atoms with Crippen LogP contribution in [0, 0.1) is 29.1 Å². The summed E-state index contributed by atoms with van der Waals surface area (Å²) in [5.41, 5.74) is 0.390. The Morgan fingerprint density at radius 1 is 1.18 bits per heavy atom. The van der Waals surface area contributed by atoms with Crippen LogP contribution in [0.25, 0.3) is 6.08 Å². The normalized spacial score (nSPS) is 40.3. The molecule has 0 aromatic heterocycles. The van der Waals surface area contributed by atoms with Crippen LogP contribution in [-0.2, 0) is 14.3 Å². The van der Waals surface area contributed by atoms with E-state index < -0.39 is 29.7 Å². The number of carbonyl (C=O) groups is 2. The number of Topliss-reactive ketones (excluding diaryl/α,β-unsaturated/α-hetero) is 1. The van der Waals surface area contributed by atoms with Crippen molar-refractivity contribution in [2.24, 2.45) is 29.1 Å². The Balaban J connectivity index is 1.71. The minimum atomic E-state index is -1.80. The molecular weight excluding hydrogens is 428 g/mol. The molecule has 34 heavy (non-hydrogen) atoms. The number of aliphatic hydroxyl groups excluding tert-OH is 1. The van der Waals surface area contributed by atoms with Gasteiger partial charge in [0.15, 0.2) is 5.78 Å². The van der Waals surface area contributed by atoms with Gasteiger partial charge in [-0.1, -0.05) is 63.3 Å². The first-order valence-electron chi connectivity index (χ1n) is 12.2. The van der Waals surface area contributed by atoms with Gasteiger partial charge in [0.2, 0.25) is 0 Å². The van der Waals surface area contributed by atoms with E-state index in [9.17, 15) is 19.8 Å². The van der Waals surface area contributed by atoms with Gasteiger partial charge < -0.3 is 14.9 Å². The molecule has 5 nitrogen and oxygen atoms in total. The minimum absolute atomic E-state index is 0.0621. The van der Waals surface area contributed by atoms with Crippen LogP contribution in [0.3, 0.4) is 0 Å². The molecule has 3 aliphatic rings. The number of fused-ring (bicyclic) bond motifs is 2. The average Bonchev–Trinajstić information content (AvgIpc) is 3.22. The van der Waals surface area contributed by atoms with E-state index in [1.54, 1.807) is 13.0 Å². The molecule has 0 spiro atoms. The highest BCUT2D eigenvalue weighted by Gasteiger charge is 2.61. The zero-order valence-electron chi connectivity index (χ0n) is 20.7. The Labute approximate surface area is 202 Å². The summed E-state index contributed by atoms with van der Waals surface area (Å²) < 4.78 is 5.89. The molecule has 2 saturated carbocycles. The van der Waals surface area contributed by atoms with Crippen LogP contribution in [-0.4, -0.2) is 39.8 Å². The quantitative estimate of drug-likeness (QED) is 0.391. The Morgan fingerprint density at radius 3 is 2.53 bits per heavy atom. The van der Waals surface area contributed by atoms with Crippen molar-refractivity contribution in [3.8, 4) is 0 Å². The van der Waals surface area contributed by atoms with Crippen LogP contribution in [0.15, 0.2) is 59.7 Å². The van der Waals surface area contributed by atoms with Crippen LogP contribution >= 0.6 is 0 Å². The van der Waals surface area contributed by atoms with E-state index >= 15 is 0 Å². The van der Waals surface area contributed by atoms with E-state index in [0.717, 1.165) is 17.6 Å². The summed E-state index contributed by atoms with van der Waals surface area (Å²) in [6, 6.07) is 9.42. The summed E-state index contributed by atoms with van der Waals surface area (Å²) in [4.78, 5) is 26.4. The lowest BCUT2D eigenvalue weighted by Gasteiger charge is -2.36. The van der Waals surface area contributed by atoms with Gasteiger partial charge in [0, 0.05) is 6.08 Å². The van der Waals surface area contributed by atoms with Gasteiger partial charge in [-0.3, -0.25) is 4.79 Å². The van der Waals surface area contributed by atoms with Crippen molar-refractivity contribution in [3.63, 3.8) is 0 Å². The lowest BCUT2D eigenvalue weighted by atomic mass is 9.77. The van der Waals surface area contributed by atoms with Gasteiger partial charge in [0.25, 0.3) is 0 Å². The van der Waals surface area contributed by atoms with Gasteiger partial charge in [-0.05, 0) is 72.6 Å². The molecule has 0 saturated heterocycles. The third-order valence-corrected chi connectivity index (χ3v) is 8.38. The number of ketones is 1. The molecule has 0 bridgehead atoms. The fraction of sp³-hybridized carbons (Fsp3) is 0.517. The molecule has 7 atom stereocenters. The van der Waals surface area contributed by atoms with E-state index in [-0.39, 0.29) is 29.5 Å². The summed E-state index contributed by atoms with van der Waals surface area (Å²) in [6.45, 7) is 9.82. The van der Waals surface area contributed by atoms with Crippen molar-refractivity contribution in [1.29, 1.82) is 0 Å². The maximum Gasteiger partial charge on any atom is 0.331 e. The van der Waals surface area contributed by atoms with Gasteiger partial charge in [0.1, 0.15) is 11.7 Å². The van der Waals surface area contributed by atoms with Crippen LogP contribution in [0.2, 0.25) is 0 Å². The zero-order chi connectivity index (χ0) is 24.8. The van der Waals surface area contributed by atoms with Crippen LogP contribution in [0.5, 0.6) is 0 Å². The van der Waals surface area contributed by atoms with Crippen LogP contribution < -0.4 is 0 Å². The second-order valence-corrected chi connectivity index (χ2v) is 11.0.